The second-order valence-corrected chi connectivity index (χ2v) is 4.69. The van der Waals surface area contributed by atoms with Crippen molar-refractivity contribution in [2.75, 3.05) is 0 Å². The lowest BCUT2D eigenvalue weighted by Crippen LogP contribution is -2.00. The van der Waals surface area contributed by atoms with Gasteiger partial charge in [-0.1, -0.05) is 26.0 Å². The Balaban J connectivity index is 2.56. The third-order valence-electron chi connectivity index (χ3n) is 3.12. The fourth-order valence-corrected chi connectivity index (χ4v) is 2.28. The van der Waals surface area contributed by atoms with Crippen molar-refractivity contribution < 1.29 is 0 Å². The lowest BCUT2D eigenvalue weighted by atomic mass is 10.1. The summed E-state index contributed by atoms with van der Waals surface area (Å²) in [4.78, 5) is 9.19. The summed E-state index contributed by atoms with van der Waals surface area (Å²) in [6.07, 6.45) is 1.89. The number of fused-ring (bicyclic) bond motifs is 3. The number of nitrogens with zero attached hydrogens (tertiary/aromatic N) is 3. The number of benzene rings is 1. The molecule has 0 amide bonds. The lowest BCUT2D eigenvalue weighted by molar-refractivity contribution is 0.831. The summed E-state index contributed by atoms with van der Waals surface area (Å²) in [5, 5.41) is 0. The molecule has 86 valence electrons. The standard InChI is InChI=1S/C14H15N3/c1-9(2)13-14-10(3)15-8-17(14)12-7-5-4-6-11(12)16-13/h4-9H,1-3H3. The summed E-state index contributed by atoms with van der Waals surface area (Å²) in [6, 6.07) is 8.19. The molecule has 0 spiro atoms. The molecule has 0 saturated heterocycles. The second kappa shape index (κ2) is 3.55. The molecule has 0 bridgehead atoms. The van der Waals surface area contributed by atoms with Crippen LogP contribution >= 0.6 is 0 Å². The van der Waals surface area contributed by atoms with E-state index in [0.717, 1.165) is 27.9 Å². The van der Waals surface area contributed by atoms with Crippen molar-refractivity contribution in [2.45, 2.75) is 26.7 Å². The number of hydrogen-bond acceptors (Lipinski definition) is 2. The Hall–Kier alpha value is -1.90. The summed E-state index contributed by atoms with van der Waals surface area (Å²) < 4.78 is 2.15. The second-order valence-electron chi connectivity index (χ2n) is 4.69. The van der Waals surface area contributed by atoms with Crippen molar-refractivity contribution in [3.05, 3.63) is 42.0 Å². The molecule has 0 N–H and O–H groups in total. The van der Waals surface area contributed by atoms with E-state index < -0.39 is 0 Å². The zero-order valence-electron chi connectivity index (χ0n) is 10.3. The van der Waals surface area contributed by atoms with Gasteiger partial charge in [-0.15, -0.1) is 0 Å². The molecule has 3 aromatic rings. The molecule has 2 heterocycles. The Morgan fingerprint density at radius 1 is 1.18 bits per heavy atom. The van der Waals surface area contributed by atoms with Gasteiger partial charge in [0.1, 0.15) is 6.33 Å². The monoisotopic (exact) mass is 225 g/mol. The first-order chi connectivity index (χ1) is 8.18. The number of aryl methyl sites for hydroxylation is 1. The molecule has 3 nitrogen and oxygen atoms in total. The van der Waals surface area contributed by atoms with Crippen LogP contribution in [0, 0.1) is 6.92 Å². The molecule has 0 atom stereocenters. The fourth-order valence-electron chi connectivity index (χ4n) is 2.28. The maximum atomic E-state index is 4.78. The van der Waals surface area contributed by atoms with Gasteiger partial charge in [0, 0.05) is 0 Å². The van der Waals surface area contributed by atoms with Gasteiger partial charge in [-0.05, 0) is 25.0 Å². The Morgan fingerprint density at radius 2 is 1.94 bits per heavy atom. The van der Waals surface area contributed by atoms with Crippen molar-refractivity contribution in [1.82, 2.24) is 14.4 Å². The average Bonchev–Trinajstić information content (AvgIpc) is 2.71. The van der Waals surface area contributed by atoms with Crippen LogP contribution in [-0.2, 0) is 0 Å². The van der Waals surface area contributed by atoms with E-state index in [9.17, 15) is 0 Å². The van der Waals surface area contributed by atoms with Gasteiger partial charge >= 0.3 is 0 Å². The van der Waals surface area contributed by atoms with Crippen molar-refractivity contribution in [2.24, 2.45) is 0 Å². The van der Waals surface area contributed by atoms with Gasteiger partial charge in [0.25, 0.3) is 0 Å². The molecule has 3 rings (SSSR count). The topological polar surface area (TPSA) is 30.2 Å². The van der Waals surface area contributed by atoms with Gasteiger partial charge in [0.05, 0.1) is 27.9 Å². The summed E-state index contributed by atoms with van der Waals surface area (Å²) in [6.45, 7) is 6.38. The number of aromatic nitrogens is 3. The number of hydrogen-bond donors (Lipinski definition) is 0. The maximum Gasteiger partial charge on any atom is 0.100 e. The number of imidazole rings is 1. The highest BCUT2D eigenvalue weighted by molar-refractivity contribution is 5.80. The molecular formula is C14H15N3. The van der Waals surface area contributed by atoms with Gasteiger partial charge in [0.15, 0.2) is 0 Å². The molecule has 0 aliphatic carbocycles. The highest BCUT2D eigenvalue weighted by Gasteiger charge is 2.13. The van der Waals surface area contributed by atoms with Crippen LogP contribution in [-0.4, -0.2) is 14.4 Å². The maximum absolute atomic E-state index is 4.78. The van der Waals surface area contributed by atoms with E-state index in [2.05, 4.69) is 35.4 Å². The molecular weight excluding hydrogens is 210 g/mol. The summed E-state index contributed by atoms with van der Waals surface area (Å²) in [5.41, 5.74) is 5.47. The largest absolute Gasteiger partial charge is 0.295 e. The predicted octanol–water partition coefficient (Wildman–Crippen LogP) is 3.31. The lowest BCUT2D eigenvalue weighted by Gasteiger charge is -2.10. The minimum absolute atomic E-state index is 0.400. The van der Waals surface area contributed by atoms with Crippen molar-refractivity contribution in [3.63, 3.8) is 0 Å². The smallest absolute Gasteiger partial charge is 0.100 e. The van der Waals surface area contributed by atoms with Gasteiger partial charge in [0.2, 0.25) is 0 Å². The highest BCUT2D eigenvalue weighted by Crippen LogP contribution is 2.25. The molecule has 17 heavy (non-hydrogen) atoms. The Morgan fingerprint density at radius 3 is 2.71 bits per heavy atom. The summed E-state index contributed by atoms with van der Waals surface area (Å²) >= 11 is 0. The first-order valence-corrected chi connectivity index (χ1v) is 5.91. The SMILES string of the molecule is Cc1ncn2c1c(C(C)C)nc1ccccc12. The number of para-hydroxylation sites is 2. The van der Waals surface area contributed by atoms with Gasteiger partial charge < -0.3 is 0 Å². The molecule has 0 aliphatic rings. The highest BCUT2D eigenvalue weighted by atomic mass is 15.0. The van der Waals surface area contributed by atoms with Crippen molar-refractivity contribution >= 4 is 16.6 Å². The molecule has 2 aromatic heterocycles. The van der Waals surface area contributed by atoms with E-state index in [-0.39, 0.29) is 0 Å². The molecule has 3 heteroatoms. The van der Waals surface area contributed by atoms with Crippen LogP contribution in [0.3, 0.4) is 0 Å². The minimum atomic E-state index is 0.400. The van der Waals surface area contributed by atoms with E-state index in [1.165, 1.54) is 0 Å². The van der Waals surface area contributed by atoms with Crippen LogP contribution in [0.2, 0.25) is 0 Å². The third kappa shape index (κ3) is 1.42. The molecule has 0 fully saturated rings. The summed E-state index contributed by atoms with van der Waals surface area (Å²) in [5.74, 6) is 0.400. The summed E-state index contributed by atoms with van der Waals surface area (Å²) in [7, 11) is 0. The van der Waals surface area contributed by atoms with Crippen LogP contribution in [0.5, 0.6) is 0 Å². The van der Waals surface area contributed by atoms with E-state index in [1.54, 1.807) is 0 Å². The van der Waals surface area contributed by atoms with E-state index in [1.807, 2.05) is 25.4 Å². The Bertz CT molecular complexity index is 695. The molecule has 0 radical (unpaired) electrons. The minimum Gasteiger partial charge on any atom is -0.295 e. The predicted molar refractivity (Wildman–Crippen MR) is 69.3 cm³/mol. The Labute approximate surface area is 100 Å². The average molecular weight is 225 g/mol. The number of rotatable bonds is 1. The Kier molecular flexibility index (Phi) is 2.15. The van der Waals surface area contributed by atoms with Crippen LogP contribution in [0.1, 0.15) is 31.2 Å². The quantitative estimate of drug-likeness (QED) is 0.636. The van der Waals surface area contributed by atoms with Crippen LogP contribution < -0.4 is 0 Å². The van der Waals surface area contributed by atoms with E-state index in [4.69, 9.17) is 4.98 Å². The van der Waals surface area contributed by atoms with E-state index >= 15 is 0 Å². The molecule has 0 aliphatic heterocycles. The van der Waals surface area contributed by atoms with Gasteiger partial charge in [-0.3, -0.25) is 4.40 Å². The zero-order chi connectivity index (χ0) is 12.0. The van der Waals surface area contributed by atoms with Crippen LogP contribution in [0.4, 0.5) is 0 Å². The third-order valence-corrected chi connectivity index (χ3v) is 3.12. The van der Waals surface area contributed by atoms with Crippen LogP contribution in [0.25, 0.3) is 16.6 Å². The van der Waals surface area contributed by atoms with Gasteiger partial charge in [-0.2, -0.15) is 0 Å². The molecule has 1 aromatic carbocycles. The first kappa shape index (κ1) is 10.3. The van der Waals surface area contributed by atoms with Gasteiger partial charge in [-0.25, -0.2) is 9.97 Å². The van der Waals surface area contributed by atoms with Crippen molar-refractivity contribution in [3.8, 4) is 0 Å². The first-order valence-electron chi connectivity index (χ1n) is 5.91. The van der Waals surface area contributed by atoms with Crippen LogP contribution in [0.15, 0.2) is 30.6 Å². The molecule has 0 saturated carbocycles. The molecule has 0 unspecified atom stereocenters. The van der Waals surface area contributed by atoms with E-state index in [0.29, 0.717) is 5.92 Å². The van der Waals surface area contributed by atoms with Crippen molar-refractivity contribution in [1.29, 1.82) is 0 Å². The normalized spacial score (nSPS) is 11.8. The fraction of sp³-hybridized carbons (Fsp3) is 0.286. The zero-order valence-corrected chi connectivity index (χ0v) is 10.3.